The lowest BCUT2D eigenvalue weighted by Crippen LogP contribution is -2.13. The van der Waals surface area contributed by atoms with Gasteiger partial charge in [0.15, 0.2) is 5.65 Å². The second-order valence-corrected chi connectivity index (χ2v) is 9.61. The molecule has 4 aromatic rings. The van der Waals surface area contributed by atoms with E-state index in [1.54, 1.807) is 30.3 Å². The van der Waals surface area contributed by atoms with Crippen molar-refractivity contribution in [2.45, 2.75) is 11.8 Å². The van der Waals surface area contributed by atoms with Gasteiger partial charge in [-0.05, 0) is 64.8 Å². The first-order valence-electron chi connectivity index (χ1n) is 8.84. The molecule has 0 unspecified atom stereocenters. The number of rotatable bonds is 5. The first-order valence-corrected chi connectivity index (χ1v) is 11.5. The first kappa shape index (κ1) is 21.3. The van der Waals surface area contributed by atoms with E-state index < -0.39 is 16.0 Å². The summed E-state index contributed by atoms with van der Waals surface area (Å²) in [6, 6.07) is 12.8. The number of benzene rings is 2. The molecule has 0 bridgehead atoms. The van der Waals surface area contributed by atoms with Crippen molar-refractivity contribution in [2.24, 2.45) is 0 Å². The van der Waals surface area contributed by atoms with Gasteiger partial charge in [0.2, 0.25) is 5.28 Å². The topological polar surface area (TPSA) is 114 Å². The maximum absolute atomic E-state index is 13.1. The highest BCUT2D eigenvalue weighted by Gasteiger charge is 2.23. The van der Waals surface area contributed by atoms with Gasteiger partial charge in [0.05, 0.1) is 21.5 Å². The number of carbonyl (C=O) groups is 1. The van der Waals surface area contributed by atoms with Gasteiger partial charge in [-0.25, -0.2) is 17.2 Å². The average molecular weight is 522 g/mol. The molecule has 0 saturated heterocycles. The number of nitrogens with one attached hydrogen (secondary N) is 1. The Kier molecular flexibility index (Phi) is 5.46. The van der Waals surface area contributed by atoms with E-state index in [-0.39, 0.29) is 32.9 Å². The largest absolute Gasteiger partial charge is 0.478 e. The number of aromatic carboxylic acids is 1. The number of nitrogens with zero attached hydrogens (tertiary/aromatic N) is 3. The van der Waals surface area contributed by atoms with E-state index in [4.69, 9.17) is 11.6 Å². The molecule has 0 aliphatic rings. The first-order chi connectivity index (χ1) is 14.7. The number of carboxylic acids is 1. The van der Waals surface area contributed by atoms with Gasteiger partial charge in [0, 0.05) is 10.7 Å². The standard InChI is InChI=1S/C20H14BrClN4O4S/c1-11-5-7-12(8-6-11)31(29,30)26-10-9-13-17(24-20(22)25-18(13)26)23-15-4-2-3-14(21)16(15)19(27)28/h2-10H,1H3,(H,27,28)(H,23,24,25). The van der Waals surface area contributed by atoms with Crippen LogP contribution in [0.2, 0.25) is 5.28 Å². The number of hydrogen-bond acceptors (Lipinski definition) is 6. The van der Waals surface area contributed by atoms with Gasteiger partial charge in [-0.1, -0.05) is 23.8 Å². The van der Waals surface area contributed by atoms with Gasteiger partial charge >= 0.3 is 5.97 Å². The SMILES string of the molecule is Cc1ccc(S(=O)(=O)n2ccc3c(Nc4cccc(Br)c4C(=O)O)nc(Cl)nc32)cc1. The minimum absolute atomic E-state index is 0.00269. The number of anilines is 2. The van der Waals surface area contributed by atoms with Gasteiger partial charge in [0.1, 0.15) is 5.82 Å². The molecule has 8 nitrogen and oxygen atoms in total. The van der Waals surface area contributed by atoms with Gasteiger partial charge in [-0.3, -0.25) is 0 Å². The highest BCUT2D eigenvalue weighted by Crippen LogP contribution is 2.32. The molecule has 0 fully saturated rings. The van der Waals surface area contributed by atoms with Crippen LogP contribution < -0.4 is 5.32 Å². The van der Waals surface area contributed by atoms with E-state index in [1.807, 2.05) is 6.92 Å². The van der Waals surface area contributed by atoms with Crippen molar-refractivity contribution in [1.29, 1.82) is 0 Å². The maximum atomic E-state index is 13.1. The predicted molar refractivity (Wildman–Crippen MR) is 121 cm³/mol. The Morgan fingerprint density at radius 2 is 1.84 bits per heavy atom. The number of aromatic nitrogens is 3. The lowest BCUT2D eigenvalue weighted by atomic mass is 10.2. The van der Waals surface area contributed by atoms with Crippen molar-refractivity contribution in [2.75, 3.05) is 5.32 Å². The molecule has 0 aliphatic heterocycles. The number of aryl methyl sites for hydroxylation is 1. The van der Waals surface area contributed by atoms with Crippen molar-refractivity contribution in [1.82, 2.24) is 13.9 Å². The smallest absolute Gasteiger partial charge is 0.338 e. The summed E-state index contributed by atoms with van der Waals surface area (Å²) >= 11 is 9.30. The molecule has 11 heteroatoms. The van der Waals surface area contributed by atoms with Crippen molar-refractivity contribution in [3.05, 3.63) is 75.6 Å². The molecule has 0 radical (unpaired) electrons. The third-order valence-corrected chi connectivity index (χ3v) is 7.05. The molecular formula is C20H14BrClN4O4S. The van der Waals surface area contributed by atoms with Crippen LogP contribution in [0.5, 0.6) is 0 Å². The van der Waals surface area contributed by atoms with Crippen molar-refractivity contribution >= 4 is 66.1 Å². The fourth-order valence-electron chi connectivity index (χ4n) is 3.05. The van der Waals surface area contributed by atoms with Crippen LogP contribution in [0.15, 0.2) is 64.1 Å². The average Bonchev–Trinajstić information content (AvgIpc) is 3.13. The zero-order chi connectivity index (χ0) is 22.3. The third-order valence-electron chi connectivity index (χ3n) is 4.54. The van der Waals surface area contributed by atoms with E-state index in [0.717, 1.165) is 9.54 Å². The zero-order valence-corrected chi connectivity index (χ0v) is 19.0. The number of carboxylic acid groups (broad SMARTS) is 1. The number of fused-ring (bicyclic) bond motifs is 1. The summed E-state index contributed by atoms with van der Waals surface area (Å²) in [7, 11) is -3.94. The summed E-state index contributed by atoms with van der Waals surface area (Å²) in [5, 5.41) is 12.6. The summed E-state index contributed by atoms with van der Waals surface area (Å²) in [4.78, 5) is 20.0. The summed E-state index contributed by atoms with van der Waals surface area (Å²) in [5.74, 6) is -0.973. The molecule has 0 spiro atoms. The minimum Gasteiger partial charge on any atom is -0.478 e. The predicted octanol–water partition coefficient (Wildman–Crippen LogP) is 4.83. The van der Waals surface area contributed by atoms with E-state index in [0.29, 0.717) is 9.86 Å². The normalized spacial score (nSPS) is 11.6. The summed E-state index contributed by atoms with van der Waals surface area (Å²) in [6.45, 7) is 1.86. The molecule has 2 aromatic carbocycles. The molecule has 2 aromatic heterocycles. The highest BCUT2D eigenvalue weighted by molar-refractivity contribution is 9.10. The Morgan fingerprint density at radius 3 is 2.52 bits per heavy atom. The molecule has 0 aliphatic carbocycles. The van der Waals surface area contributed by atoms with Crippen LogP contribution in [0.1, 0.15) is 15.9 Å². The van der Waals surface area contributed by atoms with Gasteiger partial charge < -0.3 is 10.4 Å². The number of halogens is 2. The molecular weight excluding hydrogens is 508 g/mol. The van der Waals surface area contributed by atoms with Gasteiger partial charge in [0.25, 0.3) is 10.0 Å². The fourth-order valence-corrected chi connectivity index (χ4v) is 5.05. The molecule has 4 rings (SSSR count). The van der Waals surface area contributed by atoms with E-state index in [9.17, 15) is 18.3 Å². The lowest BCUT2D eigenvalue weighted by Gasteiger charge is -2.12. The van der Waals surface area contributed by atoms with Gasteiger partial charge in [-0.15, -0.1) is 0 Å². The highest BCUT2D eigenvalue weighted by atomic mass is 79.9. The zero-order valence-electron chi connectivity index (χ0n) is 15.9. The van der Waals surface area contributed by atoms with E-state index >= 15 is 0 Å². The maximum Gasteiger partial charge on any atom is 0.338 e. The van der Waals surface area contributed by atoms with Crippen LogP contribution in [0.3, 0.4) is 0 Å². The molecule has 158 valence electrons. The Balaban J connectivity index is 1.86. The van der Waals surface area contributed by atoms with Crippen LogP contribution in [0.25, 0.3) is 11.0 Å². The van der Waals surface area contributed by atoms with Crippen LogP contribution >= 0.6 is 27.5 Å². The van der Waals surface area contributed by atoms with Crippen molar-refractivity contribution < 1.29 is 18.3 Å². The van der Waals surface area contributed by atoms with Crippen LogP contribution in [-0.4, -0.2) is 33.4 Å². The van der Waals surface area contributed by atoms with E-state index in [2.05, 4.69) is 31.2 Å². The molecule has 0 atom stereocenters. The molecule has 2 heterocycles. The van der Waals surface area contributed by atoms with Crippen LogP contribution in [0.4, 0.5) is 11.5 Å². The van der Waals surface area contributed by atoms with E-state index in [1.165, 1.54) is 24.4 Å². The van der Waals surface area contributed by atoms with Crippen LogP contribution in [0, 0.1) is 6.92 Å². The van der Waals surface area contributed by atoms with Crippen LogP contribution in [-0.2, 0) is 10.0 Å². The summed E-state index contributed by atoms with van der Waals surface area (Å²) in [5.41, 5.74) is 1.25. The Labute approximate surface area is 190 Å². The minimum atomic E-state index is -3.94. The fraction of sp³-hybridized carbons (Fsp3) is 0.0500. The van der Waals surface area contributed by atoms with Crippen molar-refractivity contribution in [3.8, 4) is 0 Å². The second kappa shape index (κ2) is 7.95. The lowest BCUT2D eigenvalue weighted by molar-refractivity contribution is 0.0697. The monoisotopic (exact) mass is 520 g/mol. The number of hydrogen-bond donors (Lipinski definition) is 2. The molecule has 0 amide bonds. The third kappa shape index (κ3) is 3.89. The Morgan fingerprint density at radius 1 is 1.13 bits per heavy atom. The van der Waals surface area contributed by atoms with Crippen molar-refractivity contribution in [3.63, 3.8) is 0 Å². The molecule has 0 saturated carbocycles. The van der Waals surface area contributed by atoms with Gasteiger partial charge in [-0.2, -0.15) is 9.97 Å². The quantitative estimate of drug-likeness (QED) is 0.361. The molecule has 31 heavy (non-hydrogen) atoms. The summed E-state index contributed by atoms with van der Waals surface area (Å²) in [6.07, 6.45) is 1.36. The second-order valence-electron chi connectivity index (χ2n) is 6.60. The Hall–Kier alpha value is -2.95. The summed E-state index contributed by atoms with van der Waals surface area (Å²) < 4.78 is 27.7. The molecule has 2 N–H and O–H groups in total. The Bertz CT molecular complexity index is 1440.